The van der Waals surface area contributed by atoms with Gasteiger partial charge >= 0.3 is 0 Å². The molecule has 0 radical (unpaired) electrons. The summed E-state index contributed by atoms with van der Waals surface area (Å²) in [6.07, 6.45) is 0. The van der Waals surface area contributed by atoms with Gasteiger partial charge in [0, 0.05) is 74.6 Å². The summed E-state index contributed by atoms with van der Waals surface area (Å²) < 4.78 is 2.48. The van der Waals surface area contributed by atoms with E-state index in [2.05, 4.69) is 313 Å². The number of fused-ring (bicyclic) bond motifs is 9. The summed E-state index contributed by atoms with van der Waals surface area (Å²) in [6.45, 7) is 0. The molecule has 0 aliphatic heterocycles. The van der Waals surface area contributed by atoms with E-state index in [-0.39, 0.29) is 0 Å². The Morgan fingerprint density at radius 2 is 0.524 bits per heavy atom. The van der Waals surface area contributed by atoms with Crippen LogP contribution in [0, 0.1) is 0 Å². The predicted octanol–water partition coefficient (Wildman–Crippen LogP) is 23.5. The fourth-order valence-corrected chi connectivity index (χ4v) is 15.1. The minimum atomic E-state index is 1.10. The van der Waals surface area contributed by atoms with Crippen LogP contribution in [-0.4, -0.2) is 0 Å². The van der Waals surface area contributed by atoms with E-state index in [0.717, 1.165) is 34.1 Å². The lowest BCUT2D eigenvalue weighted by Gasteiger charge is -2.30. The van der Waals surface area contributed by atoms with Gasteiger partial charge in [-0.2, -0.15) is 0 Å². The van der Waals surface area contributed by atoms with Gasteiger partial charge in [-0.15, -0.1) is 22.7 Å². The Balaban J connectivity index is 0.938. The molecule has 0 bridgehead atoms. The molecule has 0 aliphatic carbocycles. The molecule has 2 aromatic heterocycles. The summed E-state index contributed by atoms with van der Waals surface area (Å²) in [5.41, 5.74) is 14.1. The Kier molecular flexibility index (Phi) is 11.6. The van der Waals surface area contributed by atoms with Crippen LogP contribution in [0.15, 0.2) is 303 Å². The first kappa shape index (κ1) is 47.9. The number of hydrogen-bond acceptors (Lipinski definition) is 4. The van der Waals surface area contributed by atoms with Crippen LogP contribution in [0.25, 0.3) is 117 Å². The van der Waals surface area contributed by atoms with Crippen molar-refractivity contribution < 1.29 is 0 Å². The number of hydrogen-bond donors (Lipinski definition) is 0. The Hall–Kier alpha value is -10.1. The van der Waals surface area contributed by atoms with E-state index in [1.165, 1.54) is 117 Å². The zero-order valence-corrected chi connectivity index (χ0v) is 46.2. The summed E-state index contributed by atoms with van der Waals surface area (Å²) in [5, 5.41) is 14.4. The van der Waals surface area contributed by atoms with E-state index in [1.807, 2.05) is 22.7 Å². The van der Waals surface area contributed by atoms with Crippen molar-refractivity contribution in [1.82, 2.24) is 0 Å². The summed E-state index contributed by atoms with van der Waals surface area (Å²) in [6, 6.07) is 112. The number of rotatable bonds is 10. The summed E-state index contributed by atoms with van der Waals surface area (Å²) in [4.78, 5) is 7.56. The highest BCUT2D eigenvalue weighted by atomic mass is 32.1. The molecule has 2 heterocycles. The Morgan fingerprint density at radius 1 is 0.207 bits per heavy atom. The van der Waals surface area contributed by atoms with Crippen LogP contribution >= 0.6 is 22.7 Å². The molecule has 0 amide bonds. The van der Waals surface area contributed by atoms with Crippen molar-refractivity contribution in [2.75, 3.05) is 9.80 Å². The predicted molar refractivity (Wildman–Crippen MR) is 356 cm³/mol. The minimum Gasteiger partial charge on any atom is -0.310 e. The van der Waals surface area contributed by atoms with Crippen molar-refractivity contribution in [2.45, 2.75) is 0 Å². The largest absolute Gasteiger partial charge is 0.310 e. The maximum atomic E-state index is 2.51. The topological polar surface area (TPSA) is 6.48 Å². The molecule has 0 unspecified atom stereocenters. The molecule has 0 spiro atoms. The van der Waals surface area contributed by atoms with Crippen LogP contribution in [0.1, 0.15) is 0 Å². The molecular formula is C78H50N2S2. The molecule has 16 rings (SSSR count). The highest BCUT2D eigenvalue weighted by molar-refractivity contribution is 7.23. The first-order valence-electron chi connectivity index (χ1n) is 28.0. The van der Waals surface area contributed by atoms with Crippen molar-refractivity contribution in [3.63, 3.8) is 0 Å². The molecule has 4 heteroatoms. The SMILES string of the molecule is c1ccc(-c2sc3cc(N(c4ccc5ccccc5c4)c4cc5c6ccccc6c(N(c6ccc7ccccc7c6)c6ccc7c(-c8ccccc8)c(-c8ccccc8)sc7c6)cc5c5ccccc45)ccc3c2-c2ccccc2)cc1. The van der Waals surface area contributed by atoms with Crippen LogP contribution in [0.4, 0.5) is 34.1 Å². The van der Waals surface area contributed by atoms with Gasteiger partial charge in [0.2, 0.25) is 0 Å². The molecule has 0 saturated heterocycles. The highest BCUT2D eigenvalue weighted by Crippen LogP contribution is 2.52. The van der Waals surface area contributed by atoms with Crippen molar-refractivity contribution in [3.8, 4) is 43.1 Å². The molecule has 2 nitrogen and oxygen atoms in total. The van der Waals surface area contributed by atoms with E-state index >= 15 is 0 Å². The van der Waals surface area contributed by atoms with Crippen LogP contribution in [0.5, 0.6) is 0 Å². The Labute approximate surface area is 483 Å². The molecule has 0 aliphatic rings. The quantitative estimate of drug-likeness (QED) is 0.126. The average molecular weight is 1080 g/mol. The Bertz CT molecular complexity index is 4780. The van der Waals surface area contributed by atoms with Gasteiger partial charge < -0.3 is 9.80 Å². The number of nitrogens with zero attached hydrogens (tertiary/aromatic N) is 2. The molecule has 0 fully saturated rings. The van der Waals surface area contributed by atoms with Gasteiger partial charge in [0.15, 0.2) is 0 Å². The van der Waals surface area contributed by atoms with Gasteiger partial charge in [-0.1, -0.05) is 243 Å². The molecule has 82 heavy (non-hydrogen) atoms. The maximum Gasteiger partial charge on any atom is 0.0546 e. The Morgan fingerprint density at radius 3 is 0.927 bits per heavy atom. The average Bonchev–Trinajstić information content (AvgIpc) is 3.85. The maximum absolute atomic E-state index is 2.51. The third-order valence-corrected chi connectivity index (χ3v) is 18.8. The second kappa shape index (κ2) is 19.9. The fourth-order valence-electron chi connectivity index (χ4n) is 12.6. The first-order chi connectivity index (χ1) is 40.7. The smallest absolute Gasteiger partial charge is 0.0546 e. The van der Waals surface area contributed by atoms with Crippen LogP contribution in [0.3, 0.4) is 0 Å². The summed E-state index contributed by atoms with van der Waals surface area (Å²) in [7, 11) is 0. The molecule has 0 atom stereocenters. The van der Waals surface area contributed by atoms with Crippen LogP contribution in [-0.2, 0) is 0 Å². The zero-order chi connectivity index (χ0) is 54.1. The van der Waals surface area contributed by atoms with Crippen molar-refractivity contribution in [3.05, 3.63) is 303 Å². The van der Waals surface area contributed by atoms with Crippen molar-refractivity contribution in [2.24, 2.45) is 0 Å². The summed E-state index contributed by atoms with van der Waals surface area (Å²) >= 11 is 3.75. The number of anilines is 6. The van der Waals surface area contributed by atoms with Crippen LogP contribution in [0.2, 0.25) is 0 Å². The first-order valence-corrected chi connectivity index (χ1v) is 29.6. The lowest BCUT2D eigenvalue weighted by Crippen LogP contribution is -2.12. The fraction of sp³-hybridized carbons (Fsp3) is 0. The lowest BCUT2D eigenvalue weighted by molar-refractivity contribution is 1.31. The standard InChI is InChI=1S/C78H50N2S2/c1-5-23-53(24-6-1)75-67-43-41-61(47-73(67)81-77(75)55-27-9-3-10-28-55)79(59-39-37-51-21-13-15-31-57(51)45-59)71-49-69-64-34-18-20-36-66(64)72(50-70(69)63-33-17-19-35-65(63)71)80(60-40-38-52-22-14-16-32-58(52)46-60)62-42-44-68-74(48-62)82-78(56-29-11-4-12-30-56)76(68)54-25-7-2-8-26-54/h1-50H. The van der Waals surface area contributed by atoms with E-state index < -0.39 is 0 Å². The zero-order valence-electron chi connectivity index (χ0n) is 44.6. The summed E-state index contributed by atoms with van der Waals surface area (Å²) in [5.74, 6) is 0. The normalized spacial score (nSPS) is 11.7. The lowest BCUT2D eigenvalue weighted by atomic mass is 9.93. The van der Waals surface area contributed by atoms with Gasteiger partial charge in [0.25, 0.3) is 0 Å². The molecule has 0 saturated carbocycles. The van der Waals surface area contributed by atoms with Gasteiger partial charge in [0.1, 0.15) is 0 Å². The molecular weight excluding hydrogens is 1030 g/mol. The van der Waals surface area contributed by atoms with Crippen molar-refractivity contribution >= 4 is 131 Å². The van der Waals surface area contributed by atoms with E-state index in [0.29, 0.717) is 0 Å². The molecule has 384 valence electrons. The second-order valence-electron chi connectivity index (χ2n) is 21.1. The second-order valence-corrected chi connectivity index (χ2v) is 23.3. The third kappa shape index (κ3) is 8.14. The monoisotopic (exact) mass is 1080 g/mol. The van der Waals surface area contributed by atoms with Crippen molar-refractivity contribution in [1.29, 1.82) is 0 Å². The van der Waals surface area contributed by atoms with E-state index in [9.17, 15) is 0 Å². The van der Waals surface area contributed by atoms with Gasteiger partial charge in [-0.3, -0.25) is 0 Å². The number of thiophene rings is 2. The molecule has 0 N–H and O–H groups in total. The highest BCUT2D eigenvalue weighted by Gasteiger charge is 2.25. The number of benzene rings is 14. The minimum absolute atomic E-state index is 1.10. The third-order valence-electron chi connectivity index (χ3n) is 16.4. The molecule has 14 aromatic carbocycles. The van der Waals surface area contributed by atoms with Crippen LogP contribution < -0.4 is 9.80 Å². The van der Waals surface area contributed by atoms with Gasteiger partial charge in [0.05, 0.1) is 11.4 Å². The van der Waals surface area contributed by atoms with E-state index in [4.69, 9.17) is 0 Å². The van der Waals surface area contributed by atoms with Gasteiger partial charge in [-0.25, -0.2) is 0 Å². The van der Waals surface area contributed by atoms with Gasteiger partial charge in [-0.05, 0) is 126 Å². The van der Waals surface area contributed by atoms with E-state index in [1.54, 1.807) is 0 Å². The molecule has 16 aromatic rings.